The summed E-state index contributed by atoms with van der Waals surface area (Å²) >= 11 is 9.03. The molecule has 1 N–H and O–H groups in total. The zero-order chi connectivity index (χ0) is 14.7. The lowest BCUT2D eigenvalue weighted by Crippen LogP contribution is -1.89. The Bertz CT molecular complexity index is 745. The fourth-order valence-corrected chi connectivity index (χ4v) is 3.30. The van der Waals surface area contributed by atoms with Gasteiger partial charge in [-0.3, -0.25) is 0 Å². The van der Waals surface area contributed by atoms with E-state index in [4.69, 9.17) is 16.0 Å². The molecule has 0 spiro atoms. The number of nitrogens with zero attached hydrogens (tertiary/aromatic N) is 4. The molecule has 108 valence electrons. The molecule has 0 radical (unpaired) electrons. The van der Waals surface area contributed by atoms with E-state index in [9.17, 15) is 0 Å². The number of aromatic nitrogens is 4. The maximum Gasteiger partial charge on any atom is 0.226 e. The van der Waals surface area contributed by atoms with Crippen molar-refractivity contribution in [2.24, 2.45) is 0 Å². The van der Waals surface area contributed by atoms with Crippen LogP contribution in [0.25, 0.3) is 0 Å². The lowest BCUT2D eigenvalue weighted by molar-refractivity contribution is 0.485. The largest absolute Gasteiger partial charge is 0.425 e. The third-order valence-corrected chi connectivity index (χ3v) is 4.70. The summed E-state index contributed by atoms with van der Waals surface area (Å²) in [6.07, 6.45) is 0. The number of anilines is 2. The number of para-hydroxylation sites is 1. The fourth-order valence-electron chi connectivity index (χ4n) is 1.52. The van der Waals surface area contributed by atoms with Crippen molar-refractivity contribution >= 4 is 45.5 Å². The second-order valence-corrected chi connectivity index (χ2v) is 6.59. The van der Waals surface area contributed by atoms with E-state index in [0.717, 1.165) is 10.0 Å². The van der Waals surface area contributed by atoms with Crippen LogP contribution in [0.2, 0.25) is 5.02 Å². The van der Waals surface area contributed by atoms with Gasteiger partial charge in [-0.15, -0.1) is 20.4 Å². The Balaban J connectivity index is 1.62. The van der Waals surface area contributed by atoms with Gasteiger partial charge in [-0.1, -0.05) is 46.8 Å². The Hall–Kier alpha value is -1.64. The van der Waals surface area contributed by atoms with Crippen molar-refractivity contribution in [2.75, 3.05) is 5.32 Å². The second kappa shape index (κ2) is 6.42. The van der Waals surface area contributed by atoms with E-state index in [2.05, 4.69) is 25.7 Å². The molecule has 0 saturated carbocycles. The molecule has 3 aromatic rings. The maximum atomic E-state index is 6.09. The number of aryl methyl sites for hydroxylation is 1. The van der Waals surface area contributed by atoms with Gasteiger partial charge in [0.1, 0.15) is 0 Å². The van der Waals surface area contributed by atoms with E-state index in [1.165, 1.54) is 23.1 Å². The molecule has 0 aliphatic carbocycles. The van der Waals surface area contributed by atoms with Crippen molar-refractivity contribution in [2.45, 2.75) is 17.0 Å². The molecular formula is C12H10ClN5OS2. The van der Waals surface area contributed by atoms with E-state index in [1.54, 1.807) is 6.92 Å². The smallest absolute Gasteiger partial charge is 0.226 e. The second-order valence-electron chi connectivity index (χ2n) is 3.98. The number of nitrogens with one attached hydrogen (secondary N) is 1. The Morgan fingerprint density at radius 3 is 2.86 bits per heavy atom. The third kappa shape index (κ3) is 3.72. The average Bonchev–Trinajstić information content (AvgIpc) is 3.08. The lowest BCUT2D eigenvalue weighted by Gasteiger charge is -2.02. The summed E-state index contributed by atoms with van der Waals surface area (Å²) in [6, 6.07) is 7.49. The fraction of sp³-hybridized carbons (Fsp3) is 0.167. The zero-order valence-electron chi connectivity index (χ0n) is 10.9. The van der Waals surface area contributed by atoms with E-state index in [-0.39, 0.29) is 0 Å². The van der Waals surface area contributed by atoms with Gasteiger partial charge in [0.25, 0.3) is 0 Å². The molecule has 0 unspecified atom stereocenters. The standard InChI is InChI=1S/C12H10ClN5OS2/c1-7-15-16-10(19-7)6-20-12-18-17-11(21-12)14-9-5-3-2-4-8(9)13/h2-5H,6H2,1H3,(H,14,17). The molecule has 0 atom stereocenters. The molecule has 2 aromatic heterocycles. The summed E-state index contributed by atoms with van der Waals surface area (Å²) in [4.78, 5) is 0. The molecule has 2 heterocycles. The predicted octanol–water partition coefficient (Wildman–Crippen LogP) is 3.92. The Morgan fingerprint density at radius 1 is 1.24 bits per heavy atom. The van der Waals surface area contributed by atoms with Gasteiger partial charge >= 0.3 is 0 Å². The van der Waals surface area contributed by atoms with Crippen LogP contribution in [0.1, 0.15) is 11.8 Å². The van der Waals surface area contributed by atoms with Crippen molar-refractivity contribution < 1.29 is 4.42 Å². The summed E-state index contributed by atoms with van der Waals surface area (Å²) in [7, 11) is 0. The SMILES string of the molecule is Cc1nnc(CSc2nnc(Nc3ccccc3Cl)s2)o1. The molecule has 9 heteroatoms. The van der Waals surface area contributed by atoms with Gasteiger partial charge in [-0.05, 0) is 12.1 Å². The van der Waals surface area contributed by atoms with Gasteiger partial charge in [0.05, 0.1) is 16.5 Å². The molecule has 0 amide bonds. The maximum absolute atomic E-state index is 6.09. The highest BCUT2D eigenvalue weighted by Gasteiger charge is 2.09. The number of thioether (sulfide) groups is 1. The van der Waals surface area contributed by atoms with Gasteiger partial charge < -0.3 is 9.73 Å². The molecule has 1 aromatic carbocycles. The molecule has 0 fully saturated rings. The molecule has 0 bridgehead atoms. The minimum Gasteiger partial charge on any atom is -0.425 e. The van der Waals surface area contributed by atoms with Crippen molar-refractivity contribution in [3.05, 3.63) is 41.1 Å². The highest BCUT2D eigenvalue weighted by Crippen LogP contribution is 2.31. The summed E-state index contributed by atoms with van der Waals surface area (Å²) in [5.74, 6) is 1.71. The first kappa shape index (κ1) is 14.3. The van der Waals surface area contributed by atoms with Crippen LogP contribution in [0.4, 0.5) is 10.8 Å². The number of hydrogen-bond donors (Lipinski definition) is 1. The quantitative estimate of drug-likeness (QED) is 0.706. The van der Waals surface area contributed by atoms with Crippen molar-refractivity contribution in [1.82, 2.24) is 20.4 Å². The first-order valence-electron chi connectivity index (χ1n) is 5.97. The van der Waals surface area contributed by atoms with Crippen LogP contribution in [-0.4, -0.2) is 20.4 Å². The third-order valence-electron chi connectivity index (χ3n) is 2.41. The molecule has 6 nitrogen and oxygen atoms in total. The van der Waals surface area contributed by atoms with Crippen LogP contribution in [0, 0.1) is 6.92 Å². The molecule has 0 saturated heterocycles. The van der Waals surface area contributed by atoms with Crippen LogP contribution in [0.15, 0.2) is 33.0 Å². The highest BCUT2D eigenvalue weighted by molar-refractivity contribution is 8.00. The van der Waals surface area contributed by atoms with Crippen LogP contribution >= 0.6 is 34.7 Å². The summed E-state index contributed by atoms with van der Waals surface area (Å²) in [6.45, 7) is 1.76. The predicted molar refractivity (Wildman–Crippen MR) is 83.2 cm³/mol. The van der Waals surface area contributed by atoms with Gasteiger partial charge in [0, 0.05) is 6.92 Å². The molecule has 0 aliphatic rings. The van der Waals surface area contributed by atoms with Gasteiger partial charge in [0.2, 0.25) is 16.9 Å². The van der Waals surface area contributed by atoms with Crippen molar-refractivity contribution in [3.8, 4) is 0 Å². The number of hydrogen-bond acceptors (Lipinski definition) is 8. The minimum atomic E-state index is 0.559. The number of rotatable bonds is 5. The number of halogens is 1. The van der Waals surface area contributed by atoms with Crippen molar-refractivity contribution in [3.63, 3.8) is 0 Å². The minimum absolute atomic E-state index is 0.559. The summed E-state index contributed by atoms with van der Waals surface area (Å²) in [5.41, 5.74) is 0.805. The van der Waals surface area contributed by atoms with Crippen LogP contribution < -0.4 is 5.32 Å². The van der Waals surface area contributed by atoms with Gasteiger partial charge in [-0.25, -0.2) is 0 Å². The van der Waals surface area contributed by atoms with Crippen LogP contribution in [-0.2, 0) is 5.75 Å². The highest BCUT2D eigenvalue weighted by atomic mass is 35.5. The monoisotopic (exact) mass is 339 g/mol. The van der Waals surface area contributed by atoms with E-state index >= 15 is 0 Å². The van der Waals surface area contributed by atoms with E-state index in [0.29, 0.717) is 27.7 Å². The van der Waals surface area contributed by atoms with Crippen LogP contribution in [0.3, 0.4) is 0 Å². The van der Waals surface area contributed by atoms with E-state index < -0.39 is 0 Å². The number of benzene rings is 1. The molecule has 3 rings (SSSR count). The van der Waals surface area contributed by atoms with Gasteiger partial charge in [-0.2, -0.15) is 0 Å². The molecular weight excluding hydrogens is 330 g/mol. The average molecular weight is 340 g/mol. The van der Waals surface area contributed by atoms with E-state index in [1.807, 2.05) is 24.3 Å². The van der Waals surface area contributed by atoms with Gasteiger partial charge in [0.15, 0.2) is 4.34 Å². The lowest BCUT2D eigenvalue weighted by atomic mass is 10.3. The molecule has 21 heavy (non-hydrogen) atoms. The zero-order valence-corrected chi connectivity index (χ0v) is 13.3. The molecule has 0 aliphatic heterocycles. The van der Waals surface area contributed by atoms with Crippen molar-refractivity contribution in [1.29, 1.82) is 0 Å². The first-order valence-corrected chi connectivity index (χ1v) is 8.15. The normalized spacial score (nSPS) is 10.8. The summed E-state index contributed by atoms with van der Waals surface area (Å²) < 4.78 is 6.12. The Morgan fingerprint density at radius 2 is 2.10 bits per heavy atom. The first-order chi connectivity index (χ1) is 10.2. The summed E-state index contributed by atoms with van der Waals surface area (Å²) in [5, 5.41) is 20.4. The Labute approximate surface area is 134 Å². The Kier molecular flexibility index (Phi) is 4.37. The topological polar surface area (TPSA) is 76.7 Å². The van der Waals surface area contributed by atoms with Crippen LogP contribution in [0.5, 0.6) is 0 Å².